The molecule has 0 aromatic carbocycles. The van der Waals surface area contributed by atoms with Crippen LogP contribution in [0, 0.1) is 5.92 Å². The fourth-order valence-electron chi connectivity index (χ4n) is 4.00. The predicted octanol–water partition coefficient (Wildman–Crippen LogP) is 1.48. The molecule has 4 rings (SSSR count). The van der Waals surface area contributed by atoms with Gasteiger partial charge >= 0.3 is 0 Å². The summed E-state index contributed by atoms with van der Waals surface area (Å²) >= 11 is 0. The third-order valence-electron chi connectivity index (χ3n) is 5.29. The normalized spacial score (nSPS) is 26.3. The average molecular weight is 358 g/mol. The lowest BCUT2D eigenvalue weighted by atomic mass is 9.94. The van der Waals surface area contributed by atoms with E-state index in [1.54, 1.807) is 6.20 Å². The van der Waals surface area contributed by atoms with Crippen LogP contribution in [0.25, 0.3) is 0 Å². The maximum atomic E-state index is 12.7. The summed E-state index contributed by atoms with van der Waals surface area (Å²) in [5.74, 6) is 0.591. The smallest absolute Gasteiger partial charge is 0.223 e. The summed E-state index contributed by atoms with van der Waals surface area (Å²) in [6.45, 7) is 3.99. The van der Waals surface area contributed by atoms with E-state index in [1.807, 2.05) is 35.8 Å². The van der Waals surface area contributed by atoms with E-state index in [2.05, 4.69) is 14.5 Å². The molecule has 2 aromatic heterocycles. The molecule has 2 atom stereocenters. The van der Waals surface area contributed by atoms with Gasteiger partial charge in [0.2, 0.25) is 5.91 Å². The summed E-state index contributed by atoms with van der Waals surface area (Å²) < 4.78 is 14.1. The molecular formula is C19H26N4O3. The maximum absolute atomic E-state index is 12.7. The number of H-pyrrole nitrogens is 1. The minimum absolute atomic E-state index is 0.172. The van der Waals surface area contributed by atoms with E-state index >= 15 is 0 Å². The minimum atomic E-state index is -0.371. The maximum Gasteiger partial charge on any atom is 0.223 e. The van der Waals surface area contributed by atoms with Crippen LogP contribution in [-0.2, 0) is 27.2 Å². The number of amides is 1. The Kier molecular flexibility index (Phi) is 5.08. The molecule has 0 bridgehead atoms. The second kappa shape index (κ2) is 7.63. The van der Waals surface area contributed by atoms with E-state index < -0.39 is 0 Å². The molecule has 1 spiro atoms. The zero-order valence-electron chi connectivity index (χ0n) is 15.0. The second-order valence-electron chi connectivity index (χ2n) is 7.39. The van der Waals surface area contributed by atoms with Gasteiger partial charge in [0.05, 0.1) is 32.7 Å². The highest BCUT2D eigenvalue weighted by Gasteiger charge is 2.44. The second-order valence-corrected chi connectivity index (χ2v) is 7.39. The zero-order chi connectivity index (χ0) is 17.8. The van der Waals surface area contributed by atoms with Crippen molar-refractivity contribution >= 4 is 5.91 Å². The molecule has 7 nitrogen and oxygen atoms in total. The number of hydrogen-bond donors (Lipinski definition) is 1. The lowest BCUT2D eigenvalue weighted by Gasteiger charge is -2.31. The summed E-state index contributed by atoms with van der Waals surface area (Å²) in [6, 6.07) is 3.97. The molecule has 2 fully saturated rings. The number of aromatic nitrogens is 3. The standard InChI is InChI=1S/C19H26N4O3/c24-18(4-3-17-2-1-5-21-17)23-8-9-25-14-19(13-23)10-16(12-26-19)11-22-7-6-20-15-22/h1-2,5-7,15-16,21H,3-4,8-14H2. The van der Waals surface area contributed by atoms with Crippen molar-refractivity contribution in [3.05, 3.63) is 42.7 Å². The molecule has 0 saturated carbocycles. The van der Waals surface area contributed by atoms with Gasteiger partial charge in [0.15, 0.2) is 0 Å². The molecule has 1 amide bonds. The fourth-order valence-corrected chi connectivity index (χ4v) is 4.00. The van der Waals surface area contributed by atoms with Crippen molar-refractivity contribution in [1.29, 1.82) is 0 Å². The van der Waals surface area contributed by atoms with Gasteiger partial charge in [-0.05, 0) is 25.0 Å². The predicted molar refractivity (Wildman–Crippen MR) is 95.5 cm³/mol. The molecule has 2 aliphatic heterocycles. The molecule has 0 aliphatic carbocycles. The first-order valence-electron chi connectivity index (χ1n) is 9.30. The summed E-state index contributed by atoms with van der Waals surface area (Å²) in [6.07, 6.45) is 9.66. The van der Waals surface area contributed by atoms with Gasteiger partial charge in [-0.1, -0.05) is 0 Å². The quantitative estimate of drug-likeness (QED) is 0.879. The van der Waals surface area contributed by atoms with Crippen molar-refractivity contribution in [2.45, 2.75) is 31.4 Å². The third-order valence-corrected chi connectivity index (χ3v) is 5.29. The number of hydrogen-bond acceptors (Lipinski definition) is 4. The average Bonchev–Trinajstić information content (AvgIpc) is 3.37. The number of nitrogens with zero attached hydrogens (tertiary/aromatic N) is 3. The van der Waals surface area contributed by atoms with Gasteiger partial charge < -0.3 is 23.9 Å². The first-order chi connectivity index (χ1) is 12.7. The first-order valence-corrected chi connectivity index (χ1v) is 9.30. The molecule has 4 heterocycles. The monoisotopic (exact) mass is 358 g/mol. The van der Waals surface area contributed by atoms with Gasteiger partial charge in [-0.15, -0.1) is 0 Å². The van der Waals surface area contributed by atoms with Crippen molar-refractivity contribution < 1.29 is 14.3 Å². The van der Waals surface area contributed by atoms with Gasteiger partial charge in [-0.2, -0.15) is 0 Å². The van der Waals surface area contributed by atoms with Crippen LogP contribution in [0.5, 0.6) is 0 Å². The van der Waals surface area contributed by atoms with E-state index in [-0.39, 0.29) is 11.5 Å². The Morgan fingerprint density at radius 3 is 3.23 bits per heavy atom. The summed E-state index contributed by atoms with van der Waals surface area (Å²) in [4.78, 5) is 21.9. The number of ether oxygens (including phenoxy) is 2. The number of carbonyl (C=O) groups is 1. The van der Waals surface area contributed by atoms with Crippen LogP contribution in [0.4, 0.5) is 0 Å². The highest BCUT2D eigenvalue weighted by Crippen LogP contribution is 2.33. The lowest BCUT2D eigenvalue weighted by molar-refractivity contribution is -0.134. The molecule has 2 unspecified atom stereocenters. The molecule has 2 aromatic rings. The number of aromatic amines is 1. The van der Waals surface area contributed by atoms with Crippen molar-refractivity contribution in [2.24, 2.45) is 5.92 Å². The van der Waals surface area contributed by atoms with Crippen LogP contribution in [0.15, 0.2) is 37.1 Å². The Morgan fingerprint density at radius 1 is 1.46 bits per heavy atom. The molecule has 140 valence electrons. The number of carbonyl (C=O) groups excluding carboxylic acids is 1. The van der Waals surface area contributed by atoms with Crippen molar-refractivity contribution in [3.8, 4) is 0 Å². The number of imidazole rings is 1. The Morgan fingerprint density at radius 2 is 2.42 bits per heavy atom. The first kappa shape index (κ1) is 17.3. The highest BCUT2D eigenvalue weighted by molar-refractivity contribution is 5.76. The largest absolute Gasteiger partial charge is 0.377 e. The van der Waals surface area contributed by atoms with Crippen molar-refractivity contribution in [1.82, 2.24) is 19.4 Å². The molecule has 2 saturated heterocycles. The van der Waals surface area contributed by atoms with E-state index in [4.69, 9.17) is 9.47 Å². The number of rotatable bonds is 5. The summed E-state index contributed by atoms with van der Waals surface area (Å²) in [5.41, 5.74) is 0.723. The van der Waals surface area contributed by atoms with Crippen LogP contribution in [0.3, 0.4) is 0 Å². The molecular weight excluding hydrogens is 332 g/mol. The van der Waals surface area contributed by atoms with Crippen molar-refractivity contribution in [2.75, 3.05) is 32.9 Å². The molecule has 2 aliphatic rings. The number of nitrogens with one attached hydrogen (secondary N) is 1. The summed E-state index contributed by atoms with van der Waals surface area (Å²) in [7, 11) is 0. The van der Waals surface area contributed by atoms with Gasteiger partial charge in [0.1, 0.15) is 5.60 Å². The third kappa shape index (κ3) is 3.99. The van der Waals surface area contributed by atoms with E-state index in [1.165, 1.54) is 0 Å². The molecule has 1 N–H and O–H groups in total. The van der Waals surface area contributed by atoms with Crippen LogP contribution in [-0.4, -0.2) is 63.9 Å². The Balaban J connectivity index is 1.35. The van der Waals surface area contributed by atoms with E-state index in [0.29, 0.717) is 45.2 Å². The zero-order valence-corrected chi connectivity index (χ0v) is 15.0. The minimum Gasteiger partial charge on any atom is -0.377 e. The van der Waals surface area contributed by atoms with Gasteiger partial charge in [0.25, 0.3) is 0 Å². The van der Waals surface area contributed by atoms with Crippen LogP contribution >= 0.6 is 0 Å². The Bertz CT molecular complexity index is 700. The number of aryl methyl sites for hydroxylation is 1. The van der Waals surface area contributed by atoms with Crippen LogP contribution < -0.4 is 0 Å². The molecule has 0 radical (unpaired) electrons. The Labute approximate surface area is 153 Å². The van der Waals surface area contributed by atoms with Crippen LogP contribution in [0.2, 0.25) is 0 Å². The van der Waals surface area contributed by atoms with Crippen molar-refractivity contribution in [3.63, 3.8) is 0 Å². The summed E-state index contributed by atoms with van der Waals surface area (Å²) in [5, 5.41) is 0. The Hall–Kier alpha value is -2.12. The van der Waals surface area contributed by atoms with Crippen LogP contribution in [0.1, 0.15) is 18.5 Å². The molecule has 7 heteroatoms. The highest BCUT2D eigenvalue weighted by atomic mass is 16.5. The molecule has 26 heavy (non-hydrogen) atoms. The van der Waals surface area contributed by atoms with Gasteiger partial charge in [-0.3, -0.25) is 4.79 Å². The van der Waals surface area contributed by atoms with Gasteiger partial charge in [0, 0.05) is 49.7 Å². The SMILES string of the molecule is O=C(CCc1ccc[nH]1)N1CCOCC2(CC(Cn3ccnc3)CO2)C1. The lowest BCUT2D eigenvalue weighted by Crippen LogP contribution is -2.46. The fraction of sp³-hybridized carbons (Fsp3) is 0.579. The van der Waals surface area contributed by atoms with E-state index in [9.17, 15) is 4.79 Å². The van der Waals surface area contributed by atoms with Gasteiger partial charge in [-0.25, -0.2) is 4.98 Å². The van der Waals surface area contributed by atoms with E-state index in [0.717, 1.165) is 25.1 Å². The topological polar surface area (TPSA) is 72.4 Å².